The van der Waals surface area contributed by atoms with Crippen LogP contribution in [0, 0.1) is 11.8 Å². The number of para-hydroxylation sites is 1. The molecule has 0 aliphatic heterocycles. The predicted molar refractivity (Wildman–Crippen MR) is 99.8 cm³/mol. The summed E-state index contributed by atoms with van der Waals surface area (Å²) < 4.78 is 6.09. The van der Waals surface area contributed by atoms with E-state index in [1.165, 1.54) is 30.4 Å². The summed E-state index contributed by atoms with van der Waals surface area (Å²) in [6, 6.07) is 18.8. The summed E-state index contributed by atoms with van der Waals surface area (Å²) in [6.45, 7) is 7.74. The Balaban J connectivity index is 1.85. The summed E-state index contributed by atoms with van der Waals surface area (Å²) in [5.74, 6) is 2.54. The highest BCUT2D eigenvalue weighted by Gasteiger charge is 2.07. The van der Waals surface area contributed by atoms with Gasteiger partial charge in [0, 0.05) is 5.56 Å². The molecule has 1 unspecified atom stereocenters. The summed E-state index contributed by atoms with van der Waals surface area (Å²) in [6.07, 6.45) is 5.10. The fourth-order valence-electron chi connectivity index (χ4n) is 2.84. The van der Waals surface area contributed by atoms with Crippen molar-refractivity contribution in [3.8, 4) is 16.9 Å². The fourth-order valence-corrected chi connectivity index (χ4v) is 2.84. The SMILES string of the molecule is CC(C)CCCC(C)CCOc1ccccc1-c1ccccc1. The molecule has 1 nitrogen and oxygen atoms in total. The lowest BCUT2D eigenvalue weighted by molar-refractivity contribution is 0.276. The highest BCUT2D eigenvalue weighted by atomic mass is 16.5. The van der Waals surface area contributed by atoms with Crippen molar-refractivity contribution < 1.29 is 4.74 Å². The Hall–Kier alpha value is -1.76. The van der Waals surface area contributed by atoms with E-state index in [0.29, 0.717) is 0 Å². The minimum absolute atomic E-state index is 0.734. The zero-order valence-electron chi connectivity index (χ0n) is 14.8. The van der Waals surface area contributed by atoms with E-state index in [1.54, 1.807) is 0 Å². The van der Waals surface area contributed by atoms with E-state index in [2.05, 4.69) is 63.2 Å². The van der Waals surface area contributed by atoms with Crippen molar-refractivity contribution in [2.75, 3.05) is 6.61 Å². The number of hydrogen-bond acceptors (Lipinski definition) is 1. The van der Waals surface area contributed by atoms with Crippen LogP contribution in [0.5, 0.6) is 5.75 Å². The third-order valence-electron chi connectivity index (χ3n) is 4.32. The van der Waals surface area contributed by atoms with Gasteiger partial charge in [-0.3, -0.25) is 0 Å². The van der Waals surface area contributed by atoms with Crippen LogP contribution in [-0.2, 0) is 0 Å². The topological polar surface area (TPSA) is 9.23 Å². The molecule has 0 spiro atoms. The van der Waals surface area contributed by atoms with Crippen LogP contribution in [0.1, 0.15) is 46.5 Å². The monoisotopic (exact) mass is 310 g/mol. The van der Waals surface area contributed by atoms with Gasteiger partial charge in [0.2, 0.25) is 0 Å². The average molecular weight is 310 g/mol. The lowest BCUT2D eigenvalue weighted by Crippen LogP contribution is -2.05. The van der Waals surface area contributed by atoms with E-state index < -0.39 is 0 Å². The van der Waals surface area contributed by atoms with E-state index in [0.717, 1.165) is 30.6 Å². The molecule has 0 saturated carbocycles. The molecule has 0 saturated heterocycles. The van der Waals surface area contributed by atoms with Gasteiger partial charge in [-0.15, -0.1) is 0 Å². The maximum Gasteiger partial charge on any atom is 0.127 e. The van der Waals surface area contributed by atoms with Crippen LogP contribution in [-0.4, -0.2) is 6.61 Å². The van der Waals surface area contributed by atoms with Crippen molar-refractivity contribution >= 4 is 0 Å². The zero-order chi connectivity index (χ0) is 16.5. The molecule has 2 aromatic carbocycles. The van der Waals surface area contributed by atoms with Crippen molar-refractivity contribution in [1.29, 1.82) is 0 Å². The Morgan fingerprint density at radius 2 is 1.48 bits per heavy atom. The molecular weight excluding hydrogens is 280 g/mol. The molecular formula is C22H30O. The molecule has 0 N–H and O–H groups in total. The van der Waals surface area contributed by atoms with Gasteiger partial charge >= 0.3 is 0 Å². The maximum atomic E-state index is 6.09. The molecule has 0 fully saturated rings. The summed E-state index contributed by atoms with van der Waals surface area (Å²) in [5.41, 5.74) is 2.40. The van der Waals surface area contributed by atoms with Gasteiger partial charge < -0.3 is 4.74 Å². The molecule has 0 amide bonds. The van der Waals surface area contributed by atoms with Crippen molar-refractivity contribution in [2.45, 2.75) is 46.5 Å². The number of benzene rings is 2. The molecule has 2 aromatic rings. The molecule has 0 heterocycles. The Kier molecular flexibility index (Phi) is 7.19. The number of hydrogen-bond donors (Lipinski definition) is 0. The van der Waals surface area contributed by atoms with Gasteiger partial charge in [0.05, 0.1) is 6.61 Å². The fraction of sp³-hybridized carbons (Fsp3) is 0.455. The molecule has 0 aliphatic rings. The molecule has 1 atom stereocenters. The smallest absolute Gasteiger partial charge is 0.127 e. The van der Waals surface area contributed by atoms with Crippen LogP contribution in [0.3, 0.4) is 0 Å². The van der Waals surface area contributed by atoms with Crippen molar-refractivity contribution in [3.63, 3.8) is 0 Å². The van der Waals surface area contributed by atoms with Crippen molar-refractivity contribution in [1.82, 2.24) is 0 Å². The molecule has 2 rings (SSSR count). The maximum absolute atomic E-state index is 6.09. The second kappa shape index (κ2) is 9.39. The van der Waals surface area contributed by atoms with Crippen molar-refractivity contribution in [2.24, 2.45) is 11.8 Å². The molecule has 1 heteroatoms. The Morgan fingerprint density at radius 1 is 0.783 bits per heavy atom. The standard InChI is InChI=1S/C22H30O/c1-18(2)10-9-11-19(3)16-17-23-22-15-8-7-14-21(22)20-12-5-4-6-13-20/h4-8,12-15,18-19H,9-11,16-17H2,1-3H3. The summed E-state index contributed by atoms with van der Waals surface area (Å²) in [5, 5.41) is 0. The quantitative estimate of drug-likeness (QED) is 0.508. The lowest BCUT2D eigenvalue weighted by atomic mass is 9.97. The van der Waals surface area contributed by atoms with Gasteiger partial charge in [0.25, 0.3) is 0 Å². The van der Waals surface area contributed by atoms with Gasteiger partial charge in [0.1, 0.15) is 5.75 Å². The van der Waals surface area contributed by atoms with Crippen LogP contribution in [0.15, 0.2) is 54.6 Å². The third kappa shape index (κ3) is 6.09. The van der Waals surface area contributed by atoms with E-state index in [-0.39, 0.29) is 0 Å². The first kappa shape index (κ1) is 17.6. The molecule has 0 aromatic heterocycles. The van der Waals surface area contributed by atoms with E-state index in [1.807, 2.05) is 12.1 Å². The van der Waals surface area contributed by atoms with Crippen LogP contribution in [0.25, 0.3) is 11.1 Å². The van der Waals surface area contributed by atoms with Gasteiger partial charge in [-0.1, -0.05) is 88.6 Å². The first-order valence-corrected chi connectivity index (χ1v) is 8.94. The van der Waals surface area contributed by atoms with Gasteiger partial charge in [-0.05, 0) is 29.9 Å². The minimum atomic E-state index is 0.734. The van der Waals surface area contributed by atoms with Crippen LogP contribution in [0.2, 0.25) is 0 Å². The van der Waals surface area contributed by atoms with Crippen LogP contribution >= 0.6 is 0 Å². The molecule has 0 aliphatic carbocycles. The molecule has 0 radical (unpaired) electrons. The third-order valence-corrected chi connectivity index (χ3v) is 4.32. The van der Waals surface area contributed by atoms with E-state index in [4.69, 9.17) is 4.74 Å². The lowest BCUT2D eigenvalue weighted by Gasteiger charge is -2.15. The highest BCUT2D eigenvalue weighted by molar-refractivity contribution is 5.70. The van der Waals surface area contributed by atoms with E-state index in [9.17, 15) is 0 Å². The van der Waals surface area contributed by atoms with Gasteiger partial charge in [-0.25, -0.2) is 0 Å². The zero-order valence-corrected chi connectivity index (χ0v) is 14.8. The van der Waals surface area contributed by atoms with Crippen molar-refractivity contribution in [3.05, 3.63) is 54.6 Å². The van der Waals surface area contributed by atoms with Gasteiger partial charge in [0.15, 0.2) is 0 Å². The first-order valence-electron chi connectivity index (χ1n) is 8.94. The summed E-state index contributed by atoms with van der Waals surface area (Å²) in [4.78, 5) is 0. The van der Waals surface area contributed by atoms with Crippen LogP contribution in [0.4, 0.5) is 0 Å². The van der Waals surface area contributed by atoms with Gasteiger partial charge in [-0.2, -0.15) is 0 Å². The molecule has 0 bridgehead atoms. The molecule has 124 valence electrons. The number of rotatable bonds is 9. The number of ether oxygens (including phenoxy) is 1. The first-order chi connectivity index (χ1) is 11.2. The Labute approximate surface area is 141 Å². The normalized spacial score (nSPS) is 12.3. The second-order valence-electron chi connectivity index (χ2n) is 6.93. The van der Waals surface area contributed by atoms with Crippen LogP contribution < -0.4 is 4.74 Å². The Morgan fingerprint density at radius 3 is 2.22 bits per heavy atom. The Bertz CT molecular complexity index is 559. The highest BCUT2D eigenvalue weighted by Crippen LogP contribution is 2.29. The second-order valence-corrected chi connectivity index (χ2v) is 6.93. The minimum Gasteiger partial charge on any atom is -0.493 e. The summed E-state index contributed by atoms with van der Waals surface area (Å²) >= 11 is 0. The van der Waals surface area contributed by atoms with E-state index >= 15 is 0 Å². The summed E-state index contributed by atoms with van der Waals surface area (Å²) in [7, 11) is 0. The average Bonchev–Trinajstić information content (AvgIpc) is 2.56. The predicted octanol–water partition coefficient (Wildman–Crippen LogP) is 6.58. The largest absolute Gasteiger partial charge is 0.493 e. The molecule has 23 heavy (non-hydrogen) atoms.